The number of hydrogen-bond acceptors (Lipinski definition) is 6. The Morgan fingerprint density at radius 1 is 1.24 bits per heavy atom. The molecule has 0 unspecified atom stereocenters. The smallest absolute Gasteiger partial charge is 0.211 e. The highest BCUT2D eigenvalue weighted by molar-refractivity contribution is 7.88. The minimum Gasteiger partial charge on any atom is -0.508 e. The van der Waals surface area contributed by atoms with Crippen molar-refractivity contribution in [3.05, 3.63) is 53.1 Å². The molecule has 4 aliphatic rings. The average Bonchev–Trinajstić information content (AvgIpc) is 3.22. The van der Waals surface area contributed by atoms with E-state index in [2.05, 4.69) is 49.1 Å². The Labute approximate surface area is 226 Å². The summed E-state index contributed by atoms with van der Waals surface area (Å²) >= 11 is 0. The van der Waals surface area contributed by atoms with Crippen LogP contribution in [-0.4, -0.2) is 73.9 Å². The monoisotopic (exact) mass is 540 g/mol. The summed E-state index contributed by atoms with van der Waals surface area (Å²) < 4.78 is 40.5. The number of hydrogen-bond donors (Lipinski definition) is 1. The number of rotatable bonds is 8. The van der Waals surface area contributed by atoms with Crippen LogP contribution in [0.3, 0.4) is 0 Å². The third-order valence-corrected chi connectivity index (χ3v) is 10.9. The van der Waals surface area contributed by atoms with E-state index >= 15 is 0 Å². The average molecular weight is 541 g/mol. The molecule has 2 heterocycles. The third kappa shape index (κ3) is 3.94. The fourth-order valence-corrected chi connectivity index (χ4v) is 9.45. The summed E-state index contributed by atoms with van der Waals surface area (Å²) in [5.74, 6) is 2.08. The van der Waals surface area contributed by atoms with Crippen LogP contribution < -0.4 is 9.47 Å². The standard InChI is InChI=1S/C30H40N2O5S/c1-19(2)18-32(38(4,34)35)23-11-10-22-24-16-21-25(33)17-26(36-3)28-27(21)30(22,29(23)37-28)13-15-31(24)14-12-20-8-6-5-7-9-20/h5-9,17,19,22-24,29,33H,10-16,18H2,1-4H3/t22-,23-,24+,29-,30-/m0/s1. The van der Waals surface area contributed by atoms with Crippen LogP contribution in [0.15, 0.2) is 36.4 Å². The molecule has 0 radical (unpaired) electrons. The van der Waals surface area contributed by atoms with Crippen molar-refractivity contribution in [1.29, 1.82) is 0 Å². The van der Waals surface area contributed by atoms with Crippen molar-refractivity contribution >= 4 is 10.0 Å². The summed E-state index contributed by atoms with van der Waals surface area (Å²) in [5, 5.41) is 11.2. The molecule has 1 spiro atoms. The maximum Gasteiger partial charge on any atom is 0.211 e. The van der Waals surface area contributed by atoms with Gasteiger partial charge >= 0.3 is 0 Å². The van der Waals surface area contributed by atoms with Gasteiger partial charge in [-0.2, -0.15) is 4.31 Å². The molecular weight excluding hydrogens is 500 g/mol. The largest absolute Gasteiger partial charge is 0.508 e. The Morgan fingerprint density at radius 2 is 2.00 bits per heavy atom. The molecule has 2 aromatic rings. The van der Waals surface area contributed by atoms with Crippen molar-refractivity contribution < 1.29 is 23.0 Å². The number of nitrogens with zero attached hydrogens (tertiary/aromatic N) is 2. The van der Waals surface area contributed by atoms with E-state index in [1.165, 1.54) is 11.8 Å². The second kappa shape index (κ2) is 9.42. The molecule has 38 heavy (non-hydrogen) atoms. The molecule has 5 atom stereocenters. The number of phenolic OH excluding ortho intramolecular Hbond substituents is 1. The van der Waals surface area contributed by atoms with Crippen molar-refractivity contribution in [2.45, 2.75) is 69.6 Å². The number of ether oxygens (including phenoxy) is 2. The highest BCUT2D eigenvalue weighted by Gasteiger charge is 2.67. The van der Waals surface area contributed by atoms with Crippen LogP contribution in [-0.2, 0) is 28.3 Å². The first-order valence-corrected chi connectivity index (χ1v) is 15.8. The molecule has 2 fully saturated rings. The van der Waals surface area contributed by atoms with E-state index in [9.17, 15) is 13.5 Å². The maximum atomic E-state index is 13.1. The van der Waals surface area contributed by atoms with Crippen LogP contribution in [0.25, 0.3) is 0 Å². The molecular formula is C30H40N2O5S. The SMILES string of the molecule is COc1cc(O)c2c3c1O[C@H]1[C@@H](N(CC(C)C)S(C)(=O)=O)CC[C@H]4[C@@H](C2)N(CCc2ccccc2)CC[C@@]341. The fourth-order valence-electron chi connectivity index (χ4n) is 8.17. The Kier molecular flexibility index (Phi) is 6.43. The molecule has 1 saturated heterocycles. The van der Waals surface area contributed by atoms with Crippen LogP contribution in [0, 0.1) is 11.8 Å². The minimum atomic E-state index is -3.44. The molecule has 1 N–H and O–H groups in total. The summed E-state index contributed by atoms with van der Waals surface area (Å²) in [4.78, 5) is 2.62. The number of benzene rings is 2. The van der Waals surface area contributed by atoms with Gasteiger partial charge < -0.3 is 14.6 Å². The second-order valence-electron chi connectivity index (χ2n) is 12.1. The number of piperidine rings is 1. The normalized spacial score (nSPS) is 29.8. The van der Waals surface area contributed by atoms with Gasteiger partial charge in [0.05, 0.1) is 19.4 Å². The second-order valence-corrected chi connectivity index (χ2v) is 14.1. The van der Waals surface area contributed by atoms with E-state index < -0.39 is 10.0 Å². The number of phenols is 1. The number of aromatic hydroxyl groups is 1. The number of sulfonamides is 1. The summed E-state index contributed by atoms with van der Waals surface area (Å²) in [6.07, 6.45) is 5.41. The maximum absolute atomic E-state index is 13.1. The van der Waals surface area contributed by atoms with Crippen molar-refractivity contribution in [3.8, 4) is 17.2 Å². The van der Waals surface area contributed by atoms with Gasteiger partial charge in [-0.05, 0) is 56.0 Å². The molecule has 7 nitrogen and oxygen atoms in total. The molecule has 8 heteroatoms. The van der Waals surface area contributed by atoms with Crippen LogP contribution in [0.5, 0.6) is 17.2 Å². The van der Waals surface area contributed by atoms with Crippen molar-refractivity contribution in [2.75, 3.05) is 33.0 Å². The van der Waals surface area contributed by atoms with Gasteiger partial charge in [0.2, 0.25) is 10.0 Å². The summed E-state index contributed by atoms with van der Waals surface area (Å²) in [6, 6.07) is 12.3. The molecule has 0 aromatic heterocycles. The lowest BCUT2D eigenvalue weighted by molar-refractivity contribution is -0.0771. The van der Waals surface area contributed by atoms with Gasteiger partial charge in [-0.15, -0.1) is 0 Å². The lowest BCUT2D eigenvalue weighted by Crippen LogP contribution is -2.69. The van der Waals surface area contributed by atoms with E-state index in [-0.39, 0.29) is 35.3 Å². The first kappa shape index (κ1) is 26.0. The predicted octanol–water partition coefficient (Wildman–Crippen LogP) is 3.97. The summed E-state index contributed by atoms with van der Waals surface area (Å²) in [7, 11) is -1.83. The Hall–Kier alpha value is -2.29. The summed E-state index contributed by atoms with van der Waals surface area (Å²) in [6.45, 7) is 6.50. The van der Waals surface area contributed by atoms with E-state index in [1.54, 1.807) is 17.5 Å². The zero-order valence-corrected chi connectivity index (χ0v) is 23.7. The summed E-state index contributed by atoms with van der Waals surface area (Å²) in [5.41, 5.74) is 3.06. The molecule has 2 aromatic carbocycles. The molecule has 2 bridgehead atoms. The zero-order valence-electron chi connectivity index (χ0n) is 22.9. The van der Waals surface area contributed by atoms with Crippen molar-refractivity contribution in [3.63, 3.8) is 0 Å². The first-order chi connectivity index (χ1) is 18.1. The van der Waals surface area contributed by atoms with Gasteiger partial charge in [-0.25, -0.2) is 8.42 Å². The lowest BCUT2D eigenvalue weighted by atomic mass is 9.51. The lowest BCUT2D eigenvalue weighted by Gasteiger charge is -2.60. The van der Waals surface area contributed by atoms with Crippen LogP contribution >= 0.6 is 0 Å². The molecule has 1 saturated carbocycles. The van der Waals surface area contributed by atoms with E-state index in [4.69, 9.17) is 9.47 Å². The van der Waals surface area contributed by atoms with E-state index in [0.717, 1.165) is 62.1 Å². The van der Waals surface area contributed by atoms with Crippen LogP contribution in [0.4, 0.5) is 0 Å². The highest BCUT2D eigenvalue weighted by atomic mass is 32.2. The molecule has 206 valence electrons. The molecule has 0 amide bonds. The first-order valence-electron chi connectivity index (χ1n) is 14.0. The highest BCUT2D eigenvalue weighted by Crippen LogP contribution is 2.65. The van der Waals surface area contributed by atoms with Crippen molar-refractivity contribution in [1.82, 2.24) is 9.21 Å². The fraction of sp³-hybridized carbons (Fsp3) is 0.600. The zero-order chi connectivity index (χ0) is 26.8. The Bertz CT molecular complexity index is 1310. The van der Waals surface area contributed by atoms with Gasteiger partial charge in [0.1, 0.15) is 11.9 Å². The van der Waals surface area contributed by atoms with E-state index in [1.807, 2.05) is 0 Å². The topological polar surface area (TPSA) is 79.3 Å². The van der Waals surface area contributed by atoms with Crippen molar-refractivity contribution in [2.24, 2.45) is 11.8 Å². The third-order valence-electron chi connectivity index (χ3n) is 9.58. The predicted molar refractivity (Wildman–Crippen MR) is 147 cm³/mol. The molecule has 2 aliphatic heterocycles. The molecule has 2 aliphatic carbocycles. The number of methoxy groups -OCH3 is 1. The Morgan fingerprint density at radius 3 is 2.68 bits per heavy atom. The quantitative estimate of drug-likeness (QED) is 0.546. The van der Waals surface area contributed by atoms with Gasteiger partial charge in [0, 0.05) is 41.7 Å². The van der Waals surface area contributed by atoms with Gasteiger partial charge in [-0.3, -0.25) is 4.90 Å². The van der Waals surface area contributed by atoms with Crippen LogP contribution in [0.1, 0.15) is 49.8 Å². The Balaban J connectivity index is 1.43. The van der Waals surface area contributed by atoms with E-state index in [0.29, 0.717) is 18.2 Å². The van der Waals surface area contributed by atoms with Gasteiger partial charge in [-0.1, -0.05) is 44.2 Å². The van der Waals surface area contributed by atoms with Gasteiger partial charge in [0.15, 0.2) is 11.5 Å². The molecule has 6 rings (SSSR count). The number of likely N-dealkylation sites (tertiary alicyclic amines) is 1. The minimum absolute atomic E-state index is 0.205. The van der Waals surface area contributed by atoms with Crippen LogP contribution in [0.2, 0.25) is 0 Å². The van der Waals surface area contributed by atoms with Gasteiger partial charge in [0.25, 0.3) is 0 Å².